The minimum Gasteiger partial charge on any atom is -1.00 e. The van der Waals surface area contributed by atoms with E-state index in [0.717, 1.165) is 0 Å². The maximum atomic E-state index is 2.20. The highest BCUT2D eigenvalue weighted by atomic mass is 127. The normalized spacial score (nSPS) is 8.75. The zero-order valence-electron chi connectivity index (χ0n) is 8.59. The molecule has 0 rings (SSSR count). The maximum absolute atomic E-state index is 2.20. The molecule has 0 amide bonds. The smallest absolute Gasteiger partial charge is 0.307 e. The highest BCUT2D eigenvalue weighted by Crippen LogP contribution is 2.06. The summed E-state index contributed by atoms with van der Waals surface area (Å²) in [5.41, 5.74) is 0. The quantitative estimate of drug-likeness (QED) is 0.260. The zero-order valence-corrected chi connectivity index (χ0v) is 11.6. The lowest BCUT2D eigenvalue weighted by Crippen LogP contribution is -3.00. The van der Waals surface area contributed by atoms with Crippen LogP contribution in [0, 0.1) is 0 Å². The molecule has 0 atom stereocenters. The van der Waals surface area contributed by atoms with Crippen molar-refractivity contribution < 1.29 is 28.6 Å². The molecule has 0 aliphatic carbocycles. The molecule has 0 aliphatic heterocycles. The van der Waals surface area contributed by atoms with Crippen molar-refractivity contribution in [3.63, 3.8) is 0 Å². The van der Waals surface area contributed by atoms with Crippen LogP contribution in [-0.2, 0) is 0 Å². The molecule has 0 radical (unpaired) electrons. The molecule has 0 heterocycles. The molecular weight excluding hydrogens is 283 g/mol. The van der Waals surface area contributed by atoms with Crippen LogP contribution in [0.25, 0.3) is 0 Å². The minimum atomic E-state index is 0. The van der Waals surface area contributed by atoms with Crippen LogP contribution >= 0.6 is 11.8 Å². The number of halogens is 1. The van der Waals surface area contributed by atoms with Gasteiger partial charge in [0.05, 0.1) is 28.2 Å². The topological polar surface area (TPSA) is 6.25 Å². The Morgan fingerprint density at radius 3 is 2.08 bits per heavy atom. The minimum absolute atomic E-state index is 0. The molecule has 0 N–H and O–H groups in total. The largest absolute Gasteiger partial charge is 1.00 e. The SMILES string of the molecule is CCCSC(N(C)C)=[N+](C)C.[I-]. The fourth-order valence-electron chi connectivity index (χ4n) is 0.852. The van der Waals surface area contributed by atoms with Gasteiger partial charge in [0.15, 0.2) is 0 Å². The summed E-state index contributed by atoms with van der Waals surface area (Å²) in [5.74, 6) is 1.20. The summed E-state index contributed by atoms with van der Waals surface area (Å²) in [5, 5.41) is 1.33. The molecule has 0 aromatic carbocycles. The second-order valence-electron chi connectivity index (χ2n) is 2.92. The van der Waals surface area contributed by atoms with E-state index < -0.39 is 0 Å². The van der Waals surface area contributed by atoms with Crippen molar-refractivity contribution in [2.24, 2.45) is 0 Å². The highest BCUT2D eigenvalue weighted by molar-refractivity contribution is 8.13. The Morgan fingerprint density at radius 2 is 1.83 bits per heavy atom. The molecule has 0 spiro atoms. The van der Waals surface area contributed by atoms with Gasteiger partial charge in [-0.05, 0) is 18.2 Å². The Labute approximate surface area is 97.4 Å². The van der Waals surface area contributed by atoms with E-state index in [-0.39, 0.29) is 24.0 Å². The summed E-state index contributed by atoms with van der Waals surface area (Å²) in [6.45, 7) is 2.20. The van der Waals surface area contributed by atoms with Crippen molar-refractivity contribution in [2.75, 3.05) is 33.9 Å². The Bertz CT molecular complexity index is 142. The average Bonchev–Trinajstić information content (AvgIpc) is 1.87. The van der Waals surface area contributed by atoms with Crippen molar-refractivity contribution in [1.82, 2.24) is 4.90 Å². The van der Waals surface area contributed by atoms with Gasteiger partial charge in [-0.15, -0.1) is 0 Å². The summed E-state index contributed by atoms with van der Waals surface area (Å²) in [7, 11) is 8.33. The monoisotopic (exact) mass is 302 g/mol. The maximum Gasteiger partial charge on any atom is 0.307 e. The van der Waals surface area contributed by atoms with Crippen LogP contribution in [0.5, 0.6) is 0 Å². The predicted molar refractivity (Wildman–Crippen MR) is 53.6 cm³/mol. The van der Waals surface area contributed by atoms with E-state index in [4.69, 9.17) is 0 Å². The van der Waals surface area contributed by atoms with Gasteiger partial charge < -0.3 is 24.0 Å². The van der Waals surface area contributed by atoms with Gasteiger partial charge >= 0.3 is 5.17 Å². The van der Waals surface area contributed by atoms with Crippen molar-refractivity contribution in [3.8, 4) is 0 Å². The van der Waals surface area contributed by atoms with Crippen molar-refractivity contribution in [2.45, 2.75) is 13.3 Å². The van der Waals surface area contributed by atoms with Crippen molar-refractivity contribution in [3.05, 3.63) is 0 Å². The van der Waals surface area contributed by atoms with E-state index in [0.29, 0.717) is 0 Å². The Balaban J connectivity index is 0. The van der Waals surface area contributed by atoms with E-state index in [1.54, 1.807) is 0 Å². The lowest BCUT2D eigenvalue weighted by atomic mass is 10.6. The number of thioether (sulfide) groups is 1. The summed E-state index contributed by atoms with van der Waals surface area (Å²) >= 11 is 1.91. The van der Waals surface area contributed by atoms with Gasteiger partial charge in [-0.25, -0.2) is 0 Å². The van der Waals surface area contributed by atoms with Crippen LogP contribution in [0.3, 0.4) is 0 Å². The first-order chi connectivity index (χ1) is 5.09. The Kier molecular flexibility index (Phi) is 10.2. The third-order valence-corrected chi connectivity index (χ3v) is 2.80. The van der Waals surface area contributed by atoms with Crippen LogP contribution in [-0.4, -0.2) is 48.6 Å². The Morgan fingerprint density at radius 1 is 1.33 bits per heavy atom. The number of hydrogen-bond acceptors (Lipinski definition) is 1. The van der Waals surface area contributed by atoms with Gasteiger partial charge in [-0.2, -0.15) is 0 Å². The molecule has 0 aromatic rings. The van der Waals surface area contributed by atoms with E-state index in [2.05, 4.69) is 44.6 Å². The van der Waals surface area contributed by atoms with Crippen LogP contribution in [0.4, 0.5) is 0 Å². The van der Waals surface area contributed by atoms with Crippen LogP contribution in [0.2, 0.25) is 0 Å². The summed E-state index contributed by atoms with van der Waals surface area (Å²) in [4.78, 5) is 2.15. The van der Waals surface area contributed by atoms with E-state index >= 15 is 0 Å². The zero-order chi connectivity index (χ0) is 8.85. The highest BCUT2D eigenvalue weighted by Gasteiger charge is 2.10. The van der Waals surface area contributed by atoms with Crippen LogP contribution < -0.4 is 24.0 Å². The van der Waals surface area contributed by atoms with Gasteiger partial charge in [0.25, 0.3) is 0 Å². The number of amidine groups is 1. The van der Waals surface area contributed by atoms with Gasteiger partial charge in [-0.3, -0.25) is 9.48 Å². The molecule has 12 heavy (non-hydrogen) atoms. The lowest BCUT2D eigenvalue weighted by molar-refractivity contribution is -0.466. The molecule has 0 aliphatic rings. The number of nitrogens with zero attached hydrogens (tertiary/aromatic N) is 2. The third-order valence-electron chi connectivity index (χ3n) is 1.20. The standard InChI is InChI=1S/C8H19N2S.HI/c1-6-7-11-8(9(2)3)10(4)5;/h6-7H2,1-5H3;1H/q+1;/p-1. The molecule has 2 nitrogen and oxygen atoms in total. The summed E-state index contributed by atoms with van der Waals surface area (Å²) in [6.07, 6.45) is 1.23. The molecular formula is C8H19IN2S. The number of rotatable bonds is 2. The predicted octanol–water partition coefficient (Wildman–Crippen LogP) is -1.68. The summed E-state index contributed by atoms with van der Waals surface area (Å²) < 4.78 is 2.15. The van der Waals surface area contributed by atoms with E-state index in [9.17, 15) is 0 Å². The first-order valence-electron chi connectivity index (χ1n) is 3.94. The molecule has 0 aromatic heterocycles. The second kappa shape index (κ2) is 8.16. The first-order valence-corrected chi connectivity index (χ1v) is 4.92. The van der Waals surface area contributed by atoms with E-state index in [1.165, 1.54) is 17.3 Å². The third kappa shape index (κ3) is 6.11. The molecule has 0 bridgehead atoms. The number of hydrogen-bond donors (Lipinski definition) is 0. The fourth-order valence-corrected chi connectivity index (χ4v) is 1.75. The molecule has 4 heteroatoms. The molecule has 0 saturated carbocycles. The van der Waals surface area contributed by atoms with Crippen LogP contribution in [0.15, 0.2) is 0 Å². The molecule has 0 fully saturated rings. The van der Waals surface area contributed by atoms with E-state index in [1.807, 2.05) is 11.8 Å². The van der Waals surface area contributed by atoms with Gasteiger partial charge in [-0.1, -0.05) is 6.92 Å². The van der Waals surface area contributed by atoms with Crippen LogP contribution in [0.1, 0.15) is 13.3 Å². The molecule has 0 unspecified atom stereocenters. The first kappa shape index (κ1) is 15.0. The molecule has 74 valence electrons. The van der Waals surface area contributed by atoms with Crippen molar-refractivity contribution in [1.29, 1.82) is 0 Å². The van der Waals surface area contributed by atoms with Gasteiger partial charge in [0, 0.05) is 5.75 Å². The lowest BCUT2D eigenvalue weighted by Gasteiger charge is -2.09. The average molecular weight is 302 g/mol. The summed E-state index contributed by atoms with van der Waals surface area (Å²) in [6, 6.07) is 0. The Hall–Kier alpha value is 0.550. The van der Waals surface area contributed by atoms with Gasteiger partial charge in [0.2, 0.25) is 0 Å². The fraction of sp³-hybridized carbons (Fsp3) is 0.875. The van der Waals surface area contributed by atoms with Crippen molar-refractivity contribution >= 4 is 16.9 Å². The van der Waals surface area contributed by atoms with Gasteiger partial charge in [0.1, 0.15) is 0 Å². The second-order valence-corrected chi connectivity index (χ2v) is 3.98. The molecule has 0 saturated heterocycles.